The zero-order valence-electron chi connectivity index (χ0n) is 13.4. The standard InChI is InChI=1S/C15H24O8/c1-4-8-6(2)13(7(3)14(20)21-8)23-15-12(19)11(18)10(17)9(5-16)22-15/h6,8-12,15-19H,4-5H2,1-3H3/t6-,8-,9-,10-,11+,12-,15+/m1/s1. The minimum Gasteiger partial charge on any atom is -0.465 e. The van der Waals surface area contributed by atoms with Crippen molar-refractivity contribution in [2.24, 2.45) is 5.92 Å². The molecule has 0 bridgehead atoms. The van der Waals surface area contributed by atoms with E-state index in [1.54, 1.807) is 6.92 Å². The second-order valence-corrected chi connectivity index (χ2v) is 5.95. The molecular weight excluding hydrogens is 308 g/mol. The summed E-state index contributed by atoms with van der Waals surface area (Å²) in [5.74, 6) is -0.433. The highest BCUT2D eigenvalue weighted by Gasteiger charge is 2.46. The first-order valence-electron chi connectivity index (χ1n) is 7.70. The molecular formula is C15H24O8. The molecule has 7 atom stereocenters. The number of ether oxygens (including phenoxy) is 3. The second kappa shape index (κ2) is 7.14. The Bertz CT molecular complexity index is 474. The van der Waals surface area contributed by atoms with E-state index in [0.29, 0.717) is 12.2 Å². The number of hydrogen-bond donors (Lipinski definition) is 4. The Morgan fingerprint density at radius 1 is 1.13 bits per heavy atom. The largest absolute Gasteiger partial charge is 0.465 e. The second-order valence-electron chi connectivity index (χ2n) is 5.95. The Morgan fingerprint density at radius 3 is 2.35 bits per heavy atom. The van der Waals surface area contributed by atoms with Crippen molar-refractivity contribution in [1.82, 2.24) is 0 Å². The van der Waals surface area contributed by atoms with E-state index in [9.17, 15) is 25.2 Å². The molecule has 0 aromatic rings. The summed E-state index contributed by atoms with van der Waals surface area (Å²) >= 11 is 0. The lowest BCUT2D eigenvalue weighted by molar-refractivity contribution is -0.294. The summed E-state index contributed by atoms with van der Waals surface area (Å²) in [6.07, 6.45) is -6.62. The molecule has 0 spiro atoms. The fourth-order valence-corrected chi connectivity index (χ4v) is 2.86. The number of esters is 1. The maximum absolute atomic E-state index is 11.9. The summed E-state index contributed by atoms with van der Waals surface area (Å²) in [4.78, 5) is 11.9. The first-order valence-corrected chi connectivity index (χ1v) is 7.70. The minimum absolute atomic E-state index is 0.245. The van der Waals surface area contributed by atoms with E-state index in [-0.39, 0.29) is 17.6 Å². The van der Waals surface area contributed by atoms with E-state index in [0.717, 1.165) is 0 Å². The average Bonchev–Trinajstić information content (AvgIpc) is 2.54. The number of rotatable bonds is 4. The normalized spacial score (nSPS) is 41.7. The third kappa shape index (κ3) is 3.36. The molecule has 2 rings (SSSR count). The molecule has 2 heterocycles. The zero-order valence-corrected chi connectivity index (χ0v) is 13.4. The van der Waals surface area contributed by atoms with Crippen LogP contribution in [0.25, 0.3) is 0 Å². The third-order valence-corrected chi connectivity index (χ3v) is 4.40. The van der Waals surface area contributed by atoms with Crippen LogP contribution in [0.5, 0.6) is 0 Å². The van der Waals surface area contributed by atoms with E-state index >= 15 is 0 Å². The summed E-state index contributed by atoms with van der Waals surface area (Å²) in [5.41, 5.74) is 0.263. The lowest BCUT2D eigenvalue weighted by Crippen LogP contribution is -2.59. The van der Waals surface area contributed by atoms with Gasteiger partial charge in [-0.1, -0.05) is 13.8 Å². The van der Waals surface area contributed by atoms with Gasteiger partial charge in [-0.2, -0.15) is 0 Å². The molecule has 8 heteroatoms. The van der Waals surface area contributed by atoms with Gasteiger partial charge < -0.3 is 34.6 Å². The van der Waals surface area contributed by atoms with Gasteiger partial charge in [-0.05, 0) is 13.3 Å². The highest BCUT2D eigenvalue weighted by molar-refractivity contribution is 5.89. The number of cyclic esters (lactones) is 1. The van der Waals surface area contributed by atoms with Gasteiger partial charge in [0.25, 0.3) is 0 Å². The van der Waals surface area contributed by atoms with Crippen molar-refractivity contribution in [3.8, 4) is 0 Å². The summed E-state index contributed by atoms with van der Waals surface area (Å²) in [5, 5.41) is 38.8. The summed E-state index contributed by atoms with van der Waals surface area (Å²) in [6, 6.07) is 0. The zero-order chi connectivity index (χ0) is 17.3. The van der Waals surface area contributed by atoms with E-state index in [1.165, 1.54) is 0 Å². The van der Waals surface area contributed by atoms with Crippen LogP contribution in [0.3, 0.4) is 0 Å². The Labute approximate surface area is 134 Å². The molecule has 0 amide bonds. The molecule has 2 aliphatic heterocycles. The van der Waals surface area contributed by atoms with Gasteiger partial charge in [0.05, 0.1) is 18.1 Å². The molecule has 0 unspecified atom stereocenters. The van der Waals surface area contributed by atoms with E-state index in [4.69, 9.17) is 14.2 Å². The predicted molar refractivity (Wildman–Crippen MR) is 76.9 cm³/mol. The van der Waals surface area contributed by atoms with Gasteiger partial charge in [0.2, 0.25) is 6.29 Å². The maximum Gasteiger partial charge on any atom is 0.337 e. The van der Waals surface area contributed by atoms with E-state index in [2.05, 4.69) is 0 Å². The van der Waals surface area contributed by atoms with Crippen LogP contribution in [0.1, 0.15) is 27.2 Å². The van der Waals surface area contributed by atoms with Crippen LogP contribution in [0.15, 0.2) is 11.3 Å². The topological polar surface area (TPSA) is 126 Å². The summed E-state index contributed by atoms with van der Waals surface area (Å²) in [6.45, 7) is 4.70. The van der Waals surface area contributed by atoms with Crippen LogP contribution >= 0.6 is 0 Å². The molecule has 1 fully saturated rings. The van der Waals surface area contributed by atoms with Crippen LogP contribution in [0.4, 0.5) is 0 Å². The third-order valence-electron chi connectivity index (χ3n) is 4.40. The molecule has 0 aliphatic carbocycles. The Balaban J connectivity index is 2.22. The molecule has 2 aliphatic rings. The molecule has 132 valence electrons. The van der Waals surface area contributed by atoms with Crippen LogP contribution in [-0.2, 0) is 19.0 Å². The lowest BCUT2D eigenvalue weighted by atomic mass is 9.94. The predicted octanol–water partition coefficient (Wildman–Crippen LogP) is -0.952. The van der Waals surface area contributed by atoms with Gasteiger partial charge in [0.1, 0.15) is 36.3 Å². The van der Waals surface area contributed by atoms with Crippen LogP contribution in [0.2, 0.25) is 0 Å². The number of carbonyl (C=O) groups is 1. The van der Waals surface area contributed by atoms with Gasteiger partial charge in [0.15, 0.2) is 0 Å². The molecule has 1 saturated heterocycles. The summed E-state index contributed by atoms with van der Waals surface area (Å²) in [7, 11) is 0. The van der Waals surface area contributed by atoms with Crippen molar-refractivity contribution in [3.63, 3.8) is 0 Å². The average molecular weight is 332 g/mol. The lowest BCUT2D eigenvalue weighted by Gasteiger charge is -2.41. The van der Waals surface area contributed by atoms with Crippen molar-refractivity contribution in [3.05, 3.63) is 11.3 Å². The van der Waals surface area contributed by atoms with E-state index in [1.807, 2.05) is 13.8 Å². The Hall–Kier alpha value is -1.19. The van der Waals surface area contributed by atoms with Crippen LogP contribution in [-0.4, -0.2) is 69.8 Å². The van der Waals surface area contributed by atoms with Crippen LogP contribution < -0.4 is 0 Å². The van der Waals surface area contributed by atoms with Crippen molar-refractivity contribution in [2.45, 2.75) is 64.0 Å². The fraction of sp³-hybridized carbons (Fsp3) is 0.800. The monoisotopic (exact) mass is 332 g/mol. The van der Waals surface area contributed by atoms with E-state index < -0.39 is 43.3 Å². The molecule has 8 nitrogen and oxygen atoms in total. The molecule has 0 aromatic heterocycles. The number of aliphatic hydroxyl groups is 4. The smallest absolute Gasteiger partial charge is 0.337 e. The van der Waals surface area contributed by atoms with Crippen molar-refractivity contribution < 1.29 is 39.4 Å². The number of carbonyl (C=O) groups excluding carboxylic acids is 1. The number of aliphatic hydroxyl groups excluding tert-OH is 4. The highest BCUT2D eigenvalue weighted by atomic mass is 16.7. The Kier molecular flexibility index (Phi) is 5.64. The van der Waals surface area contributed by atoms with Gasteiger partial charge in [-0.25, -0.2) is 4.79 Å². The molecule has 0 saturated carbocycles. The molecule has 4 N–H and O–H groups in total. The molecule has 0 radical (unpaired) electrons. The molecule has 0 aromatic carbocycles. The van der Waals surface area contributed by atoms with Gasteiger partial charge >= 0.3 is 5.97 Å². The Morgan fingerprint density at radius 2 is 1.78 bits per heavy atom. The highest BCUT2D eigenvalue weighted by Crippen LogP contribution is 2.33. The van der Waals surface area contributed by atoms with Gasteiger partial charge in [0, 0.05) is 0 Å². The minimum atomic E-state index is -1.53. The SMILES string of the molecule is CC[C@H]1OC(=O)C(C)=C(O[C@@H]2O[C@H](CO)[C@@H](O)[C@H](O)[C@H]2O)[C@@H]1C. The fourth-order valence-electron chi connectivity index (χ4n) is 2.86. The molecule has 23 heavy (non-hydrogen) atoms. The maximum atomic E-state index is 11.9. The van der Waals surface area contributed by atoms with Crippen molar-refractivity contribution >= 4 is 5.97 Å². The quantitative estimate of drug-likeness (QED) is 0.486. The summed E-state index contributed by atoms with van der Waals surface area (Å²) < 4.78 is 16.2. The van der Waals surface area contributed by atoms with Crippen molar-refractivity contribution in [1.29, 1.82) is 0 Å². The number of hydrogen-bond acceptors (Lipinski definition) is 8. The first-order chi connectivity index (χ1) is 10.8. The van der Waals surface area contributed by atoms with Gasteiger partial charge in [-0.15, -0.1) is 0 Å². The van der Waals surface area contributed by atoms with Gasteiger partial charge in [-0.3, -0.25) is 0 Å². The van der Waals surface area contributed by atoms with Crippen LogP contribution in [0, 0.1) is 5.92 Å². The first kappa shape index (κ1) is 18.2. The van der Waals surface area contributed by atoms with Crippen molar-refractivity contribution in [2.75, 3.05) is 6.61 Å².